The van der Waals surface area contributed by atoms with Gasteiger partial charge in [0.25, 0.3) is 0 Å². The lowest BCUT2D eigenvalue weighted by Gasteiger charge is -2.11. The van der Waals surface area contributed by atoms with Gasteiger partial charge in [0.05, 0.1) is 0 Å². The molecule has 0 aromatic carbocycles. The summed E-state index contributed by atoms with van der Waals surface area (Å²) in [7, 11) is 0.704. The molecule has 0 amide bonds. The zero-order valence-corrected chi connectivity index (χ0v) is 10.0. The van der Waals surface area contributed by atoms with Crippen LogP contribution in [0.4, 0.5) is 0 Å². The molecular weight excluding hydrogens is 196 g/mol. The van der Waals surface area contributed by atoms with Crippen LogP contribution in [0.5, 0.6) is 0 Å². The summed E-state index contributed by atoms with van der Waals surface area (Å²) in [5.41, 5.74) is 0. The topological polar surface area (TPSA) is 33.2 Å². The Hall–Kier alpha value is -0.740. The van der Waals surface area contributed by atoms with Crippen LogP contribution in [-0.2, 0) is 11.0 Å². The van der Waals surface area contributed by atoms with Crippen molar-refractivity contribution in [3.63, 3.8) is 0 Å². The standard InChI is InChI=1S/C8H12N2OS.C2H6/c1-3-10(2)12(11)8-6-4-5-7-9-8;1-2/h4-7H,3H2,1-2H3;1-2H3. The first-order chi connectivity index (χ1) is 6.75. The van der Waals surface area contributed by atoms with Gasteiger partial charge >= 0.3 is 0 Å². The third kappa shape index (κ3) is 3.98. The van der Waals surface area contributed by atoms with E-state index in [9.17, 15) is 4.21 Å². The van der Waals surface area contributed by atoms with Gasteiger partial charge in [0.1, 0.15) is 16.0 Å². The Bertz CT molecular complexity index is 264. The Kier molecular flexibility index (Phi) is 7.24. The van der Waals surface area contributed by atoms with E-state index in [1.54, 1.807) is 16.6 Å². The van der Waals surface area contributed by atoms with Gasteiger partial charge in [-0.3, -0.25) is 0 Å². The van der Waals surface area contributed by atoms with Crippen molar-refractivity contribution in [2.24, 2.45) is 0 Å². The van der Waals surface area contributed by atoms with E-state index in [0.29, 0.717) is 5.03 Å². The Morgan fingerprint density at radius 3 is 2.50 bits per heavy atom. The fraction of sp³-hybridized carbons (Fsp3) is 0.500. The van der Waals surface area contributed by atoms with Crippen molar-refractivity contribution in [2.45, 2.75) is 25.8 Å². The third-order valence-electron chi connectivity index (χ3n) is 1.55. The van der Waals surface area contributed by atoms with E-state index >= 15 is 0 Å². The summed E-state index contributed by atoms with van der Waals surface area (Å²) in [5.74, 6) is 0. The highest BCUT2D eigenvalue weighted by molar-refractivity contribution is 7.82. The third-order valence-corrected chi connectivity index (χ3v) is 2.97. The van der Waals surface area contributed by atoms with Crippen molar-refractivity contribution >= 4 is 11.0 Å². The van der Waals surface area contributed by atoms with Crippen LogP contribution in [0, 0.1) is 0 Å². The number of hydrogen-bond donors (Lipinski definition) is 0. The minimum absolute atomic E-state index is 0.613. The highest BCUT2D eigenvalue weighted by Crippen LogP contribution is 2.03. The van der Waals surface area contributed by atoms with Gasteiger partial charge in [-0.25, -0.2) is 13.5 Å². The lowest BCUT2D eigenvalue weighted by Crippen LogP contribution is -2.21. The molecule has 0 saturated heterocycles. The van der Waals surface area contributed by atoms with Crippen molar-refractivity contribution in [1.29, 1.82) is 0 Å². The quantitative estimate of drug-likeness (QED) is 0.772. The summed E-state index contributed by atoms with van der Waals surface area (Å²) in [6.07, 6.45) is 1.65. The molecule has 1 atom stereocenters. The fourth-order valence-corrected chi connectivity index (χ4v) is 1.63. The first-order valence-corrected chi connectivity index (χ1v) is 5.90. The number of rotatable bonds is 3. The predicted molar refractivity (Wildman–Crippen MR) is 60.3 cm³/mol. The van der Waals surface area contributed by atoms with Crippen LogP contribution >= 0.6 is 0 Å². The van der Waals surface area contributed by atoms with Crippen molar-refractivity contribution in [3.05, 3.63) is 24.4 Å². The Balaban J connectivity index is 0.000000791. The molecule has 1 heterocycles. The molecular formula is C10H18N2OS. The lowest BCUT2D eigenvalue weighted by molar-refractivity contribution is 0.545. The van der Waals surface area contributed by atoms with Gasteiger partial charge < -0.3 is 0 Å². The minimum Gasteiger partial charge on any atom is -0.246 e. The molecule has 3 nitrogen and oxygen atoms in total. The van der Waals surface area contributed by atoms with Gasteiger partial charge in [-0.05, 0) is 12.1 Å². The molecule has 0 saturated carbocycles. The molecule has 1 aromatic heterocycles. The molecule has 0 bridgehead atoms. The molecule has 0 spiro atoms. The number of aromatic nitrogens is 1. The van der Waals surface area contributed by atoms with Gasteiger partial charge in [-0.2, -0.15) is 0 Å². The van der Waals surface area contributed by atoms with Crippen molar-refractivity contribution < 1.29 is 4.21 Å². The predicted octanol–water partition coefficient (Wildman–Crippen LogP) is 2.08. The fourth-order valence-electron chi connectivity index (χ4n) is 0.727. The van der Waals surface area contributed by atoms with E-state index in [4.69, 9.17) is 0 Å². The van der Waals surface area contributed by atoms with E-state index in [-0.39, 0.29) is 0 Å². The molecule has 14 heavy (non-hydrogen) atoms. The highest BCUT2D eigenvalue weighted by atomic mass is 32.2. The van der Waals surface area contributed by atoms with E-state index in [1.807, 2.05) is 40.0 Å². The molecule has 1 aromatic rings. The van der Waals surface area contributed by atoms with E-state index in [0.717, 1.165) is 6.54 Å². The molecule has 0 N–H and O–H groups in total. The average molecular weight is 214 g/mol. The van der Waals surface area contributed by atoms with Crippen LogP contribution in [0.2, 0.25) is 0 Å². The number of pyridine rings is 1. The molecule has 0 aliphatic carbocycles. The Morgan fingerprint density at radius 1 is 1.43 bits per heavy atom. The minimum atomic E-state index is -1.11. The Morgan fingerprint density at radius 2 is 2.07 bits per heavy atom. The summed E-state index contributed by atoms with van der Waals surface area (Å²) in [6.45, 7) is 6.71. The van der Waals surface area contributed by atoms with Crippen LogP contribution in [0.25, 0.3) is 0 Å². The summed E-state index contributed by atoms with van der Waals surface area (Å²) < 4.78 is 13.3. The van der Waals surface area contributed by atoms with Crippen LogP contribution in [-0.4, -0.2) is 27.1 Å². The van der Waals surface area contributed by atoms with Gasteiger partial charge in [0.2, 0.25) is 0 Å². The molecule has 0 radical (unpaired) electrons. The maximum absolute atomic E-state index is 11.6. The van der Waals surface area contributed by atoms with Crippen LogP contribution < -0.4 is 0 Å². The van der Waals surface area contributed by atoms with Gasteiger partial charge in [0.15, 0.2) is 0 Å². The highest BCUT2D eigenvalue weighted by Gasteiger charge is 2.08. The molecule has 1 rings (SSSR count). The molecule has 4 heteroatoms. The van der Waals surface area contributed by atoms with E-state index in [2.05, 4.69) is 4.98 Å². The SMILES string of the molecule is CC.CCN(C)S(=O)c1ccccn1. The molecule has 0 fully saturated rings. The second-order valence-electron chi connectivity index (χ2n) is 2.36. The van der Waals surface area contributed by atoms with Crippen molar-refractivity contribution in [2.75, 3.05) is 13.6 Å². The summed E-state index contributed by atoms with van der Waals surface area (Å²) >= 11 is 0. The lowest BCUT2D eigenvalue weighted by atomic mass is 10.5. The largest absolute Gasteiger partial charge is 0.246 e. The van der Waals surface area contributed by atoms with E-state index in [1.165, 1.54) is 0 Å². The normalized spacial score (nSPS) is 11.8. The molecule has 80 valence electrons. The Labute approximate surface area is 88.8 Å². The van der Waals surface area contributed by atoms with Crippen LogP contribution in [0.3, 0.4) is 0 Å². The van der Waals surface area contributed by atoms with Crippen molar-refractivity contribution in [3.8, 4) is 0 Å². The van der Waals surface area contributed by atoms with Gasteiger partial charge in [0, 0.05) is 19.8 Å². The monoisotopic (exact) mass is 214 g/mol. The summed E-state index contributed by atoms with van der Waals surface area (Å²) in [5, 5.41) is 0.613. The second-order valence-corrected chi connectivity index (χ2v) is 3.90. The number of nitrogens with zero attached hydrogens (tertiary/aromatic N) is 2. The maximum atomic E-state index is 11.6. The zero-order chi connectivity index (χ0) is 11.0. The average Bonchev–Trinajstić information content (AvgIpc) is 2.31. The molecule has 0 aliphatic heterocycles. The van der Waals surface area contributed by atoms with E-state index < -0.39 is 11.0 Å². The second kappa shape index (κ2) is 7.64. The first kappa shape index (κ1) is 13.3. The summed E-state index contributed by atoms with van der Waals surface area (Å²) in [6, 6.07) is 5.42. The zero-order valence-electron chi connectivity index (χ0n) is 9.23. The van der Waals surface area contributed by atoms with Gasteiger partial charge in [-0.1, -0.05) is 26.8 Å². The van der Waals surface area contributed by atoms with Gasteiger partial charge in [-0.15, -0.1) is 0 Å². The smallest absolute Gasteiger partial charge is 0.146 e. The number of hydrogen-bond acceptors (Lipinski definition) is 2. The van der Waals surface area contributed by atoms with Crippen LogP contribution in [0.1, 0.15) is 20.8 Å². The van der Waals surface area contributed by atoms with Crippen molar-refractivity contribution in [1.82, 2.24) is 9.29 Å². The maximum Gasteiger partial charge on any atom is 0.146 e. The first-order valence-electron chi connectivity index (χ1n) is 4.79. The molecule has 0 aliphatic rings. The summed E-state index contributed by atoms with van der Waals surface area (Å²) in [4.78, 5) is 4.01. The molecule has 1 unspecified atom stereocenters. The van der Waals surface area contributed by atoms with Crippen LogP contribution in [0.15, 0.2) is 29.4 Å².